The molecule has 5 heteroatoms. The highest BCUT2D eigenvalue weighted by molar-refractivity contribution is 6.39. The van der Waals surface area contributed by atoms with Crippen LogP contribution < -0.4 is 10.6 Å². The van der Waals surface area contributed by atoms with Gasteiger partial charge in [0.2, 0.25) is 0 Å². The van der Waals surface area contributed by atoms with Gasteiger partial charge in [-0.25, -0.2) is 0 Å². The van der Waals surface area contributed by atoms with Crippen molar-refractivity contribution in [2.45, 2.75) is 25.4 Å². The predicted molar refractivity (Wildman–Crippen MR) is 91.5 cm³/mol. The minimum absolute atomic E-state index is 0.0179. The number of aryl methyl sites for hydroxylation is 2. The van der Waals surface area contributed by atoms with Gasteiger partial charge in [0.1, 0.15) is 5.60 Å². The number of nitrogens with one attached hydrogen (secondary N) is 2. The molecule has 0 radical (unpaired) electrons. The van der Waals surface area contributed by atoms with E-state index in [0.29, 0.717) is 12.1 Å². The molecule has 1 unspecified atom stereocenters. The fraction of sp³-hybridized carbons (Fsp3) is 0.263. The molecular weight excluding hydrogens is 304 g/mol. The number of hydrogen-bond acceptors (Lipinski definition) is 3. The van der Waals surface area contributed by atoms with E-state index in [1.807, 2.05) is 37.3 Å². The SMILES string of the molecule is Cc1cccc(NC(=O)C(=O)NCC2(O)CCc3ccccc32)c1. The molecule has 2 aromatic carbocycles. The number of hydrogen-bond donors (Lipinski definition) is 3. The summed E-state index contributed by atoms with van der Waals surface area (Å²) in [5, 5.41) is 15.9. The summed E-state index contributed by atoms with van der Waals surface area (Å²) in [6.45, 7) is 1.92. The van der Waals surface area contributed by atoms with E-state index in [-0.39, 0.29) is 6.54 Å². The summed E-state index contributed by atoms with van der Waals surface area (Å²) in [7, 11) is 0. The molecule has 1 aliphatic carbocycles. The zero-order valence-electron chi connectivity index (χ0n) is 13.5. The van der Waals surface area contributed by atoms with E-state index in [9.17, 15) is 14.7 Å². The number of fused-ring (bicyclic) bond motifs is 1. The molecule has 1 atom stereocenters. The van der Waals surface area contributed by atoms with Crippen molar-refractivity contribution >= 4 is 17.5 Å². The third-order valence-electron chi connectivity index (χ3n) is 4.35. The Kier molecular flexibility index (Phi) is 4.36. The first kappa shape index (κ1) is 16.2. The van der Waals surface area contributed by atoms with Crippen LogP contribution in [0.15, 0.2) is 48.5 Å². The summed E-state index contributed by atoms with van der Waals surface area (Å²) in [4.78, 5) is 24.0. The lowest BCUT2D eigenvalue weighted by Gasteiger charge is -2.24. The Bertz CT molecular complexity index is 788. The van der Waals surface area contributed by atoms with Gasteiger partial charge in [-0.05, 0) is 48.6 Å². The molecule has 1 aliphatic rings. The van der Waals surface area contributed by atoms with Gasteiger partial charge in [0, 0.05) is 5.69 Å². The number of aliphatic hydroxyl groups is 1. The van der Waals surface area contributed by atoms with Gasteiger partial charge in [0.25, 0.3) is 0 Å². The standard InChI is InChI=1S/C19H20N2O3/c1-13-5-4-7-15(11-13)21-18(23)17(22)20-12-19(24)10-9-14-6-2-3-8-16(14)19/h2-8,11,24H,9-10,12H2,1H3,(H,20,22)(H,21,23). The molecule has 2 amide bonds. The zero-order chi connectivity index (χ0) is 17.2. The van der Waals surface area contributed by atoms with Crippen molar-refractivity contribution in [1.29, 1.82) is 0 Å². The van der Waals surface area contributed by atoms with E-state index in [1.165, 1.54) is 0 Å². The second-order valence-electron chi connectivity index (χ2n) is 6.20. The van der Waals surface area contributed by atoms with Crippen LogP contribution in [0, 0.1) is 6.92 Å². The predicted octanol–water partition coefficient (Wildman–Crippen LogP) is 1.88. The normalized spacial score (nSPS) is 18.8. The summed E-state index contributed by atoms with van der Waals surface area (Å²) in [6.07, 6.45) is 1.30. The van der Waals surface area contributed by atoms with Crippen molar-refractivity contribution in [3.8, 4) is 0 Å². The molecule has 0 fully saturated rings. The summed E-state index contributed by atoms with van der Waals surface area (Å²) >= 11 is 0. The Morgan fingerprint density at radius 2 is 1.92 bits per heavy atom. The maximum absolute atomic E-state index is 12.0. The van der Waals surface area contributed by atoms with Crippen molar-refractivity contribution in [2.24, 2.45) is 0 Å². The van der Waals surface area contributed by atoms with Crippen molar-refractivity contribution in [3.05, 3.63) is 65.2 Å². The quantitative estimate of drug-likeness (QED) is 0.754. The lowest BCUT2D eigenvalue weighted by Crippen LogP contribution is -2.43. The van der Waals surface area contributed by atoms with Gasteiger partial charge >= 0.3 is 11.8 Å². The highest BCUT2D eigenvalue weighted by atomic mass is 16.3. The van der Waals surface area contributed by atoms with Crippen molar-refractivity contribution < 1.29 is 14.7 Å². The van der Waals surface area contributed by atoms with E-state index in [2.05, 4.69) is 10.6 Å². The van der Waals surface area contributed by atoms with Crippen molar-refractivity contribution in [2.75, 3.05) is 11.9 Å². The van der Waals surface area contributed by atoms with Crippen LogP contribution in [0.3, 0.4) is 0 Å². The average molecular weight is 324 g/mol. The van der Waals surface area contributed by atoms with Crippen LogP contribution in [0.4, 0.5) is 5.69 Å². The topological polar surface area (TPSA) is 78.4 Å². The van der Waals surface area contributed by atoms with Gasteiger partial charge in [0.05, 0.1) is 6.54 Å². The van der Waals surface area contributed by atoms with Crippen LogP contribution in [0.25, 0.3) is 0 Å². The third kappa shape index (κ3) is 3.31. The number of anilines is 1. The average Bonchev–Trinajstić information content (AvgIpc) is 2.91. The molecule has 0 aromatic heterocycles. The Hall–Kier alpha value is -2.66. The van der Waals surface area contributed by atoms with Gasteiger partial charge in [-0.1, -0.05) is 36.4 Å². The Morgan fingerprint density at radius 1 is 1.12 bits per heavy atom. The molecule has 0 aliphatic heterocycles. The molecule has 0 saturated carbocycles. The Morgan fingerprint density at radius 3 is 2.71 bits per heavy atom. The van der Waals surface area contributed by atoms with E-state index in [0.717, 1.165) is 23.1 Å². The van der Waals surface area contributed by atoms with Crippen LogP contribution in [0.1, 0.15) is 23.1 Å². The summed E-state index contributed by atoms with van der Waals surface area (Å²) in [6, 6.07) is 14.8. The number of rotatable bonds is 3. The van der Waals surface area contributed by atoms with Crippen LogP contribution in [0.5, 0.6) is 0 Å². The largest absolute Gasteiger partial charge is 0.383 e. The van der Waals surface area contributed by atoms with Gasteiger partial charge in [0.15, 0.2) is 0 Å². The van der Waals surface area contributed by atoms with Gasteiger partial charge in [-0.3, -0.25) is 9.59 Å². The van der Waals surface area contributed by atoms with Crippen LogP contribution >= 0.6 is 0 Å². The smallest absolute Gasteiger partial charge is 0.313 e. The van der Waals surface area contributed by atoms with Gasteiger partial charge in [-0.15, -0.1) is 0 Å². The molecule has 3 rings (SSSR count). The number of amides is 2. The second-order valence-corrected chi connectivity index (χ2v) is 6.20. The third-order valence-corrected chi connectivity index (χ3v) is 4.35. The minimum Gasteiger partial charge on any atom is -0.383 e. The molecule has 0 bridgehead atoms. The highest BCUT2D eigenvalue weighted by Gasteiger charge is 2.37. The molecule has 5 nitrogen and oxygen atoms in total. The maximum Gasteiger partial charge on any atom is 0.313 e. The number of carbonyl (C=O) groups is 2. The highest BCUT2D eigenvalue weighted by Crippen LogP contribution is 2.36. The number of benzene rings is 2. The van der Waals surface area contributed by atoms with E-state index < -0.39 is 17.4 Å². The molecule has 0 saturated heterocycles. The minimum atomic E-state index is -1.12. The molecule has 3 N–H and O–H groups in total. The van der Waals surface area contributed by atoms with E-state index >= 15 is 0 Å². The van der Waals surface area contributed by atoms with Crippen LogP contribution in [-0.2, 0) is 21.6 Å². The van der Waals surface area contributed by atoms with Crippen molar-refractivity contribution in [3.63, 3.8) is 0 Å². The van der Waals surface area contributed by atoms with E-state index in [4.69, 9.17) is 0 Å². The van der Waals surface area contributed by atoms with Crippen LogP contribution in [0.2, 0.25) is 0 Å². The summed E-state index contributed by atoms with van der Waals surface area (Å²) in [5.41, 5.74) is 2.35. The molecule has 24 heavy (non-hydrogen) atoms. The first-order chi connectivity index (χ1) is 11.5. The van der Waals surface area contributed by atoms with Crippen molar-refractivity contribution in [1.82, 2.24) is 5.32 Å². The molecule has 0 spiro atoms. The lowest BCUT2D eigenvalue weighted by molar-refractivity contribution is -0.136. The lowest BCUT2D eigenvalue weighted by atomic mass is 9.96. The number of carbonyl (C=O) groups excluding carboxylic acids is 2. The van der Waals surface area contributed by atoms with E-state index in [1.54, 1.807) is 18.2 Å². The maximum atomic E-state index is 12.0. The summed E-state index contributed by atoms with van der Waals surface area (Å²) in [5.74, 6) is -1.50. The molecular formula is C19H20N2O3. The summed E-state index contributed by atoms with van der Waals surface area (Å²) < 4.78 is 0. The fourth-order valence-electron chi connectivity index (χ4n) is 3.07. The van der Waals surface area contributed by atoms with Gasteiger partial charge < -0.3 is 15.7 Å². The monoisotopic (exact) mass is 324 g/mol. The second kappa shape index (κ2) is 6.45. The first-order valence-corrected chi connectivity index (χ1v) is 7.94. The molecule has 124 valence electrons. The van der Waals surface area contributed by atoms with Crippen LogP contribution in [-0.4, -0.2) is 23.5 Å². The Balaban J connectivity index is 1.60. The molecule has 2 aromatic rings. The van der Waals surface area contributed by atoms with Gasteiger partial charge in [-0.2, -0.15) is 0 Å². The fourth-order valence-corrected chi connectivity index (χ4v) is 3.07. The molecule has 0 heterocycles. The first-order valence-electron chi connectivity index (χ1n) is 7.94. The zero-order valence-corrected chi connectivity index (χ0v) is 13.5. The Labute approximate surface area is 140 Å².